The predicted octanol–water partition coefficient (Wildman–Crippen LogP) is 0.658. The molecule has 1 heterocycles. The summed E-state index contributed by atoms with van der Waals surface area (Å²) in [6, 6.07) is 7.81. The van der Waals surface area contributed by atoms with E-state index in [1.807, 2.05) is 24.3 Å². The van der Waals surface area contributed by atoms with Crippen LogP contribution < -0.4 is 5.73 Å². The van der Waals surface area contributed by atoms with Gasteiger partial charge in [-0.05, 0) is 11.1 Å². The number of carbonyl (C=O) groups is 1. The summed E-state index contributed by atoms with van der Waals surface area (Å²) in [6.07, 6.45) is 0.192. The smallest absolute Gasteiger partial charge is 0.228 e. The number of hydrogen-bond donors (Lipinski definition) is 1. The average Bonchev–Trinajstić information content (AvgIpc) is 2.15. The highest BCUT2D eigenvalue weighted by Crippen LogP contribution is 2.24. The van der Waals surface area contributed by atoms with Crippen molar-refractivity contribution in [1.82, 2.24) is 4.90 Å². The number of benzene rings is 1. The maximum Gasteiger partial charge on any atom is 0.228 e. The highest BCUT2D eigenvalue weighted by molar-refractivity contribution is 5.81. The molecule has 0 aromatic heterocycles. The lowest BCUT2D eigenvalue weighted by molar-refractivity contribution is -0.132. The summed E-state index contributed by atoms with van der Waals surface area (Å²) in [7, 11) is 1.74. The van der Waals surface area contributed by atoms with E-state index in [0.29, 0.717) is 6.42 Å². The minimum absolute atomic E-state index is 0.0891. The van der Waals surface area contributed by atoms with Gasteiger partial charge < -0.3 is 10.6 Å². The van der Waals surface area contributed by atoms with Gasteiger partial charge in [0, 0.05) is 7.05 Å². The zero-order chi connectivity index (χ0) is 9.42. The number of likely N-dealkylation sites (N-methyl/N-ethyl adjacent to an activating group) is 1. The maximum atomic E-state index is 11.4. The van der Waals surface area contributed by atoms with Crippen LogP contribution in [0, 0.1) is 0 Å². The first-order chi connectivity index (χ1) is 6.20. The number of nitrogens with two attached hydrogens (primary N) is 1. The molecular formula is C10H12N2O. The molecular weight excluding hydrogens is 164 g/mol. The van der Waals surface area contributed by atoms with Crippen molar-refractivity contribution in [1.29, 1.82) is 0 Å². The second-order valence-corrected chi connectivity index (χ2v) is 3.33. The van der Waals surface area contributed by atoms with Crippen LogP contribution in [0.2, 0.25) is 0 Å². The van der Waals surface area contributed by atoms with Crippen LogP contribution in [-0.4, -0.2) is 17.9 Å². The topological polar surface area (TPSA) is 46.3 Å². The Labute approximate surface area is 77.1 Å². The number of fused-ring (bicyclic) bond motifs is 1. The highest BCUT2D eigenvalue weighted by Gasteiger charge is 2.25. The fourth-order valence-electron chi connectivity index (χ4n) is 1.64. The molecule has 0 fully saturated rings. The molecule has 3 heteroatoms. The molecule has 0 radical (unpaired) electrons. The molecule has 0 bridgehead atoms. The summed E-state index contributed by atoms with van der Waals surface area (Å²) in [4.78, 5) is 13.0. The fourth-order valence-corrected chi connectivity index (χ4v) is 1.64. The van der Waals surface area contributed by atoms with Crippen LogP contribution in [0.25, 0.3) is 0 Å². The molecule has 1 aliphatic rings. The average molecular weight is 176 g/mol. The molecule has 1 aliphatic heterocycles. The van der Waals surface area contributed by atoms with Crippen molar-refractivity contribution in [2.45, 2.75) is 12.6 Å². The molecule has 1 aromatic rings. The van der Waals surface area contributed by atoms with Gasteiger partial charge in [-0.1, -0.05) is 24.3 Å². The normalized spacial score (nSPS) is 21.5. The molecule has 0 saturated carbocycles. The second kappa shape index (κ2) is 2.85. The third-order valence-corrected chi connectivity index (χ3v) is 2.53. The Kier molecular flexibility index (Phi) is 1.81. The van der Waals surface area contributed by atoms with Crippen molar-refractivity contribution >= 4 is 5.91 Å². The number of rotatable bonds is 0. The molecule has 13 heavy (non-hydrogen) atoms. The lowest BCUT2D eigenvalue weighted by atomic mass is 9.97. The first-order valence-electron chi connectivity index (χ1n) is 4.29. The van der Waals surface area contributed by atoms with Gasteiger partial charge in [0.1, 0.15) is 6.17 Å². The molecule has 3 nitrogen and oxygen atoms in total. The van der Waals surface area contributed by atoms with Gasteiger partial charge in [-0.2, -0.15) is 0 Å². The molecule has 2 rings (SSSR count). The van der Waals surface area contributed by atoms with Crippen molar-refractivity contribution in [3.63, 3.8) is 0 Å². The zero-order valence-electron chi connectivity index (χ0n) is 7.53. The van der Waals surface area contributed by atoms with Crippen LogP contribution in [0.15, 0.2) is 24.3 Å². The van der Waals surface area contributed by atoms with Crippen molar-refractivity contribution < 1.29 is 4.79 Å². The van der Waals surface area contributed by atoms with Gasteiger partial charge in [-0.15, -0.1) is 0 Å². The van der Waals surface area contributed by atoms with Gasteiger partial charge in [-0.3, -0.25) is 4.79 Å². The molecule has 1 aromatic carbocycles. The van der Waals surface area contributed by atoms with Gasteiger partial charge >= 0.3 is 0 Å². The molecule has 0 spiro atoms. The first kappa shape index (κ1) is 8.26. The van der Waals surface area contributed by atoms with E-state index in [9.17, 15) is 4.79 Å². The molecule has 0 saturated heterocycles. The minimum Gasteiger partial charge on any atom is -0.326 e. The van der Waals surface area contributed by atoms with Crippen LogP contribution in [0.5, 0.6) is 0 Å². The lowest BCUT2D eigenvalue weighted by Gasteiger charge is -2.31. The number of carbonyl (C=O) groups excluding carboxylic acids is 1. The van der Waals surface area contributed by atoms with E-state index in [4.69, 9.17) is 5.73 Å². The van der Waals surface area contributed by atoms with E-state index in [2.05, 4.69) is 0 Å². The Hall–Kier alpha value is -1.35. The molecule has 2 N–H and O–H groups in total. The third-order valence-electron chi connectivity index (χ3n) is 2.53. The van der Waals surface area contributed by atoms with Crippen LogP contribution in [0.4, 0.5) is 0 Å². The van der Waals surface area contributed by atoms with E-state index >= 15 is 0 Å². The van der Waals surface area contributed by atoms with E-state index in [0.717, 1.165) is 11.1 Å². The molecule has 1 unspecified atom stereocenters. The SMILES string of the molecule is CN1C(=O)Cc2ccccc2C1N. The molecule has 68 valence electrons. The number of hydrogen-bond acceptors (Lipinski definition) is 2. The van der Waals surface area contributed by atoms with Gasteiger partial charge in [0.2, 0.25) is 5.91 Å². The Balaban J connectivity index is 2.49. The summed E-state index contributed by atoms with van der Waals surface area (Å²) in [5.41, 5.74) is 8.00. The Bertz CT molecular complexity index is 349. The highest BCUT2D eigenvalue weighted by atomic mass is 16.2. The van der Waals surface area contributed by atoms with Crippen LogP contribution >= 0.6 is 0 Å². The first-order valence-corrected chi connectivity index (χ1v) is 4.29. The summed E-state index contributed by atoms with van der Waals surface area (Å²) in [5.74, 6) is 0.0891. The lowest BCUT2D eigenvalue weighted by Crippen LogP contribution is -2.41. The Morgan fingerprint density at radius 1 is 1.46 bits per heavy atom. The third kappa shape index (κ3) is 1.21. The van der Waals surface area contributed by atoms with Crippen molar-refractivity contribution in [3.8, 4) is 0 Å². The van der Waals surface area contributed by atoms with Crippen LogP contribution in [0.3, 0.4) is 0 Å². The summed E-state index contributed by atoms with van der Waals surface area (Å²) in [6.45, 7) is 0. The van der Waals surface area contributed by atoms with E-state index < -0.39 is 0 Å². The van der Waals surface area contributed by atoms with Gasteiger partial charge in [0.05, 0.1) is 6.42 Å². The Morgan fingerprint density at radius 2 is 2.15 bits per heavy atom. The van der Waals surface area contributed by atoms with Gasteiger partial charge in [-0.25, -0.2) is 0 Å². The van der Waals surface area contributed by atoms with Gasteiger partial charge in [0.15, 0.2) is 0 Å². The molecule has 1 atom stereocenters. The monoisotopic (exact) mass is 176 g/mol. The molecule has 0 aliphatic carbocycles. The summed E-state index contributed by atoms with van der Waals surface area (Å²) < 4.78 is 0. The van der Waals surface area contributed by atoms with E-state index in [1.165, 1.54) is 0 Å². The van der Waals surface area contributed by atoms with Crippen molar-refractivity contribution in [3.05, 3.63) is 35.4 Å². The van der Waals surface area contributed by atoms with Crippen LogP contribution in [0.1, 0.15) is 17.3 Å². The Morgan fingerprint density at radius 3 is 2.92 bits per heavy atom. The number of amides is 1. The molecule has 1 amide bonds. The zero-order valence-corrected chi connectivity index (χ0v) is 7.53. The standard InChI is InChI=1S/C10H12N2O/c1-12-9(13)6-7-4-2-3-5-8(7)10(12)11/h2-5,10H,6,11H2,1H3. The van der Waals surface area contributed by atoms with Crippen LogP contribution in [-0.2, 0) is 11.2 Å². The summed E-state index contributed by atoms with van der Waals surface area (Å²) >= 11 is 0. The fraction of sp³-hybridized carbons (Fsp3) is 0.300. The van der Waals surface area contributed by atoms with E-state index in [-0.39, 0.29) is 12.1 Å². The number of nitrogens with zero attached hydrogens (tertiary/aromatic N) is 1. The quantitative estimate of drug-likeness (QED) is 0.631. The van der Waals surface area contributed by atoms with Crippen molar-refractivity contribution in [2.75, 3.05) is 7.05 Å². The van der Waals surface area contributed by atoms with Crippen molar-refractivity contribution in [2.24, 2.45) is 5.73 Å². The van der Waals surface area contributed by atoms with Gasteiger partial charge in [0.25, 0.3) is 0 Å². The van der Waals surface area contributed by atoms with E-state index in [1.54, 1.807) is 11.9 Å². The largest absolute Gasteiger partial charge is 0.326 e. The summed E-state index contributed by atoms with van der Waals surface area (Å²) in [5, 5.41) is 0. The predicted molar refractivity (Wildman–Crippen MR) is 49.8 cm³/mol. The minimum atomic E-state index is -0.280. The second-order valence-electron chi connectivity index (χ2n) is 3.33. The maximum absolute atomic E-state index is 11.4.